The number of rotatable bonds is 5. The van der Waals surface area contributed by atoms with Crippen LogP contribution in [0, 0.1) is 0 Å². The molecule has 0 aromatic carbocycles. The van der Waals surface area contributed by atoms with Crippen LogP contribution >= 0.6 is 11.8 Å². The van der Waals surface area contributed by atoms with Crippen LogP contribution in [0.2, 0.25) is 0 Å². The Hall–Kier alpha value is -1.20. The summed E-state index contributed by atoms with van der Waals surface area (Å²) in [4.78, 5) is 4.05. The third-order valence-electron chi connectivity index (χ3n) is 2.26. The zero-order valence-corrected chi connectivity index (χ0v) is 11.7. The summed E-state index contributed by atoms with van der Waals surface area (Å²) in [7, 11) is 0. The van der Waals surface area contributed by atoms with E-state index in [9.17, 15) is 0 Å². The number of hydrogen-bond acceptors (Lipinski definition) is 5. The lowest BCUT2D eigenvalue weighted by atomic mass is 10.1. The SMILES string of the molecule is CC(C)(C)NCc1ccc(CSc2ncco2)o1. The first kappa shape index (κ1) is 13.2. The van der Waals surface area contributed by atoms with Gasteiger partial charge in [0, 0.05) is 5.54 Å². The third kappa shape index (κ3) is 4.23. The summed E-state index contributed by atoms with van der Waals surface area (Å²) in [6.07, 6.45) is 3.21. The van der Waals surface area contributed by atoms with Crippen molar-refractivity contribution in [1.82, 2.24) is 10.3 Å². The Labute approximate surface area is 111 Å². The highest BCUT2D eigenvalue weighted by molar-refractivity contribution is 7.98. The number of hydrogen-bond donors (Lipinski definition) is 1. The van der Waals surface area contributed by atoms with Crippen molar-refractivity contribution >= 4 is 11.8 Å². The van der Waals surface area contributed by atoms with E-state index in [1.165, 1.54) is 11.8 Å². The first-order valence-electron chi connectivity index (χ1n) is 5.88. The molecule has 0 fully saturated rings. The lowest BCUT2D eigenvalue weighted by Gasteiger charge is -2.19. The van der Waals surface area contributed by atoms with Crippen LogP contribution in [0.5, 0.6) is 0 Å². The molecule has 98 valence electrons. The van der Waals surface area contributed by atoms with Crippen LogP contribution in [-0.4, -0.2) is 10.5 Å². The second-order valence-corrected chi connectivity index (χ2v) is 5.98. The van der Waals surface area contributed by atoms with Crippen LogP contribution in [0.15, 0.2) is 38.6 Å². The van der Waals surface area contributed by atoms with E-state index in [1.807, 2.05) is 12.1 Å². The number of aromatic nitrogens is 1. The first-order chi connectivity index (χ1) is 8.53. The van der Waals surface area contributed by atoms with E-state index in [4.69, 9.17) is 8.83 Å². The van der Waals surface area contributed by atoms with Crippen LogP contribution in [-0.2, 0) is 12.3 Å². The van der Waals surface area contributed by atoms with Crippen LogP contribution < -0.4 is 5.32 Å². The van der Waals surface area contributed by atoms with Gasteiger partial charge < -0.3 is 14.2 Å². The summed E-state index contributed by atoms with van der Waals surface area (Å²) in [5.41, 5.74) is 0.0970. The molecule has 0 spiro atoms. The van der Waals surface area contributed by atoms with Crippen molar-refractivity contribution in [2.45, 2.75) is 43.8 Å². The molecule has 0 bridgehead atoms. The van der Waals surface area contributed by atoms with Crippen molar-refractivity contribution in [3.63, 3.8) is 0 Å². The van der Waals surface area contributed by atoms with Gasteiger partial charge in [-0.05, 0) is 32.9 Å². The number of nitrogens with one attached hydrogen (secondary N) is 1. The Kier molecular flexibility index (Phi) is 4.14. The minimum Gasteiger partial charge on any atom is -0.464 e. The Morgan fingerprint density at radius 1 is 1.28 bits per heavy atom. The van der Waals surface area contributed by atoms with Gasteiger partial charge in [0.15, 0.2) is 0 Å². The van der Waals surface area contributed by atoms with Crippen LogP contribution in [0.3, 0.4) is 0 Å². The predicted molar refractivity (Wildman–Crippen MR) is 71.4 cm³/mol. The number of oxazole rings is 1. The van der Waals surface area contributed by atoms with Crippen LogP contribution in [0.25, 0.3) is 0 Å². The van der Waals surface area contributed by atoms with Crippen molar-refractivity contribution in [3.8, 4) is 0 Å². The maximum Gasteiger partial charge on any atom is 0.255 e. The van der Waals surface area contributed by atoms with E-state index in [1.54, 1.807) is 12.5 Å². The standard InChI is InChI=1S/C13H18N2O2S/c1-13(2,3)15-8-10-4-5-11(17-10)9-18-12-14-6-7-16-12/h4-7,15H,8-9H2,1-3H3. The zero-order valence-electron chi connectivity index (χ0n) is 10.9. The molecule has 0 unspecified atom stereocenters. The molecule has 0 aliphatic rings. The molecule has 2 aromatic rings. The van der Waals surface area contributed by atoms with E-state index in [0.29, 0.717) is 5.22 Å². The summed E-state index contributed by atoms with van der Waals surface area (Å²) in [6.45, 7) is 7.15. The topological polar surface area (TPSA) is 51.2 Å². The molecule has 0 saturated carbocycles. The van der Waals surface area contributed by atoms with Crippen molar-refractivity contribution in [2.24, 2.45) is 0 Å². The summed E-state index contributed by atoms with van der Waals surface area (Å²) in [5.74, 6) is 2.62. The highest BCUT2D eigenvalue weighted by Crippen LogP contribution is 2.22. The number of furan rings is 1. The van der Waals surface area contributed by atoms with Gasteiger partial charge in [-0.1, -0.05) is 11.8 Å². The second kappa shape index (κ2) is 5.63. The van der Waals surface area contributed by atoms with Crippen molar-refractivity contribution in [3.05, 3.63) is 36.1 Å². The molecule has 2 heterocycles. The molecule has 2 rings (SSSR count). The lowest BCUT2D eigenvalue weighted by molar-refractivity contribution is 0.382. The van der Waals surface area contributed by atoms with Crippen molar-refractivity contribution in [1.29, 1.82) is 0 Å². The zero-order chi connectivity index (χ0) is 13.0. The minimum atomic E-state index is 0.0970. The molecule has 0 atom stereocenters. The summed E-state index contributed by atoms with van der Waals surface area (Å²) in [6, 6.07) is 4.00. The Morgan fingerprint density at radius 2 is 2.06 bits per heavy atom. The average Bonchev–Trinajstić information content (AvgIpc) is 2.94. The fourth-order valence-corrected chi connectivity index (χ4v) is 2.04. The first-order valence-corrected chi connectivity index (χ1v) is 6.86. The fraction of sp³-hybridized carbons (Fsp3) is 0.462. The van der Waals surface area contributed by atoms with Crippen molar-refractivity contribution < 1.29 is 8.83 Å². The maximum atomic E-state index is 5.72. The number of nitrogens with zero attached hydrogens (tertiary/aromatic N) is 1. The van der Waals surface area contributed by atoms with Gasteiger partial charge >= 0.3 is 0 Å². The molecule has 0 aliphatic carbocycles. The largest absolute Gasteiger partial charge is 0.464 e. The van der Waals surface area contributed by atoms with Gasteiger partial charge in [-0.2, -0.15) is 0 Å². The molecular formula is C13H18N2O2S. The maximum absolute atomic E-state index is 5.72. The molecule has 0 saturated heterocycles. The Morgan fingerprint density at radius 3 is 2.72 bits per heavy atom. The van der Waals surface area contributed by atoms with Gasteiger partial charge in [0.1, 0.15) is 17.8 Å². The molecule has 2 aromatic heterocycles. The molecule has 4 nitrogen and oxygen atoms in total. The summed E-state index contributed by atoms with van der Waals surface area (Å²) >= 11 is 1.53. The monoisotopic (exact) mass is 266 g/mol. The molecular weight excluding hydrogens is 248 g/mol. The predicted octanol–water partition coefficient (Wildman–Crippen LogP) is 3.45. The normalized spacial score (nSPS) is 11.9. The number of thioether (sulfide) groups is 1. The van der Waals surface area contributed by atoms with Gasteiger partial charge in [0.05, 0.1) is 18.5 Å². The van der Waals surface area contributed by atoms with Gasteiger partial charge in [-0.3, -0.25) is 0 Å². The van der Waals surface area contributed by atoms with E-state index in [-0.39, 0.29) is 5.54 Å². The van der Waals surface area contributed by atoms with E-state index < -0.39 is 0 Å². The fourth-order valence-electron chi connectivity index (χ4n) is 1.36. The molecule has 18 heavy (non-hydrogen) atoms. The molecule has 5 heteroatoms. The Bertz CT molecular complexity index is 471. The van der Waals surface area contributed by atoms with Crippen molar-refractivity contribution in [2.75, 3.05) is 0 Å². The third-order valence-corrected chi connectivity index (χ3v) is 3.14. The van der Waals surface area contributed by atoms with Crippen LogP contribution in [0.4, 0.5) is 0 Å². The smallest absolute Gasteiger partial charge is 0.255 e. The molecule has 0 radical (unpaired) electrons. The average molecular weight is 266 g/mol. The summed E-state index contributed by atoms with van der Waals surface area (Å²) in [5, 5.41) is 4.06. The highest BCUT2D eigenvalue weighted by Gasteiger charge is 2.10. The lowest BCUT2D eigenvalue weighted by Crippen LogP contribution is -2.34. The highest BCUT2D eigenvalue weighted by atomic mass is 32.2. The van der Waals surface area contributed by atoms with E-state index in [0.717, 1.165) is 23.8 Å². The molecule has 0 amide bonds. The van der Waals surface area contributed by atoms with E-state index in [2.05, 4.69) is 31.1 Å². The van der Waals surface area contributed by atoms with Gasteiger partial charge in [-0.25, -0.2) is 4.98 Å². The summed E-state index contributed by atoms with van der Waals surface area (Å²) < 4.78 is 10.9. The molecule has 1 N–H and O–H groups in total. The van der Waals surface area contributed by atoms with E-state index >= 15 is 0 Å². The molecule has 0 aliphatic heterocycles. The van der Waals surface area contributed by atoms with Gasteiger partial charge in [0.25, 0.3) is 5.22 Å². The van der Waals surface area contributed by atoms with Crippen LogP contribution in [0.1, 0.15) is 32.3 Å². The minimum absolute atomic E-state index is 0.0970. The second-order valence-electron chi connectivity index (χ2n) is 5.06. The van der Waals surface area contributed by atoms with Gasteiger partial charge in [-0.15, -0.1) is 0 Å². The van der Waals surface area contributed by atoms with Gasteiger partial charge in [0.2, 0.25) is 0 Å². The quantitative estimate of drug-likeness (QED) is 0.840. The Balaban J connectivity index is 1.82.